The van der Waals surface area contributed by atoms with Crippen LogP contribution in [0.25, 0.3) is 0 Å². The molecule has 8 nitrogen and oxygen atoms in total. The summed E-state index contributed by atoms with van der Waals surface area (Å²) in [5.41, 5.74) is 0.137. The number of amides is 2. The number of rotatable bonds is 5. The molecule has 0 aromatic carbocycles. The Balaban J connectivity index is 1.86. The van der Waals surface area contributed by atoms with Gasteiger partial charge in [0.1, 0.15) is 17.1 Å². The normalized spacial score (nSPS) is 12.3. The minimum absolute atomic E-state index is 0.0621. The van der Waals surface area contributed by atoms with Gasteiger partial charge < -0.3 is 15.0 Å². The van der Waals surface area contributed by atoms with Crippen LogP contribution in [0.15, 0.2) is 30.7 Å². The van der Waals surface area contributed by atoms with Gasteiger partial charge in [0, 0.05) is 24.9 Å². The van der Waals surface area contributed by atoms with E-state index in [1.54, 1.807) is 45.3 Å². The molecule has 1 atom stereocenters. The molecule has 0 saturated carbocycles. The van der Waals surface area contributed by atoms with Crippen LogP contribution in [0.1, 0.15) is 49.9 Å². The van der Waals surface area contributed by atoms with Crippen LogP contribution in [0.2, 0.25) is 0 Å². The zero-order valence-electron chi connectivity index (χ0n) is 14.8. The number of anilines is 1. The van der Waals surface area contributed by atoms with Gasteiger partial charge in [0.2, 0.25) is 0 Å². The van der Waals surface area contributed by atoms with E-state index in [1.807, 2.05) is 6.92 Å². The minimum Gasteiger partial charge on any atom is -0.444 e. The molecule has 1 unspecified atom stereocenters. The molecule has 0 aliphatic rings. The molecule has 2 heterocycles. The molecule has 0 saturated heterocycles. The Morgan fingerprint density at radius 1 is 1.28 bits per heavy atom. The maximum Gasteiger partial charge on any atom is 0.412 e. The SMILES string of the molecule is CC(CNC(=O)c1ccc(NC(=O)OC(C)(C)C)cn1)c1ncc[nH]1. The number of nitrogens with zero attached hydrogens (tertiary/aromatic N) is 2. The molecule has 0 fully saturated rings. The zero-order valence-corrected chi connectivity index (χ0v) is 14.8. The summed E-state index contributed by atoms with van der Waals surface area (Å²) in [7, 11) is 0. The molecule has 2 aromatic heterocycles. The summed E-state index contributed by atoms with van der Waals surface area (Å²) in [6.45, 7) is 7.73. The van der Waals surface area contributed by atoms with Crippen molar-refractivity contribution in [3.63, 3.8) is 0 Å². The van der Waals surface area contributed by atoms with E-state index in [-0.39, 0.29) is 17.5 Å². The Morgan fingerprint density at radius 2 is 2.04 bits per heavy atom. The third-order valence-electron chi connectivity index (χ3n) is 3.20. The highest BCUT2D eigenvalue weighted by Crippen LogP contribution is 2.12. The maximum atomic E-state index is 12.1. The zero-order chi connectivity index (χ0) is 18.4. The molecule has 2 aromatic rings. The Bertz CT molecular complexity index is 705. The van der Waals surface area contributed by atoms with Crippen LogP contribution in [0.3, 0.4) is 0 Å². The number of hydrogen-bond acceptors (Lipinski definition) is 5. The van der Waals surface area contributed by atoms with Crippen molar-refractivity contribution < 1.29 is 14.3 Å². The molecule has 8 heteroatoms. The predicted molar refractivity (Wildman–Crippen MR) is 93.4 cm³/mol. The summed E-state index contributed by atoms with van der Waals surface area (Å²) in [5.74, 6) is 0.583. The van der Waals surface area contributed by atoms with E-state index < -0.39 is 11.7 Å². The van der Waals surface area contributed by atoms with E-state index in [0.717, 1.165) is 5.82 Å². The number of nitrogens with one attached hydrogen (secondary N) is 3. The molecule has 2 amide bonds. The van der Waals surface area contributed by atoms with Crippen molar-refractivity contribution in [3.8, 4) is 0 Å². The fourth-order valence-electron chi connectivity index (χ4n) is 2.00. The highest BCUT2D eigenvalue weighted by molar-refractivity contribution is 5.93. The van der Waals surface area contributed by atoms with Gasteiger partial charge in [0.15, 0.2) is 0 Å². The Hall–Kier alpha value is -2.90. The summed E-state index contributed by atoms with van der Waals surface area (Å²) in [5, 5.41) is 5.37. The maximum absolute atomic E-state index is 12.1. The number of H-pyrrole nitrogens is 1. The molecular weight excluding hydrogens is 322 g/mol. The first kappa shape index (κ1) is 18.4. The number of pyridine rings is 1. The number of carbonyl (C=O) groups excluding carboxylic acids is 2. The summed E-state index contributed by atoms with van der Waals surface area (Å²) in [6, 6.07) is 3.14. The van der Waals surface area contributed by atoms with E-state index in [0.29, 0.717) is 12.2 Å². The second kappa shape index (κ2) is 7.78. The second-order valence-corrected chi connectivity index (χ2v) is 6.64. The number of imidazole rings is 1. The Labute approximate surface area is 146 Å². The quantitative estimate of drug-likeness (QED) is 0.772. The number of carbonyl (C=O) groups is 2. The van der Waals surface area contributed by atoms with Crippen molar-refractivity contribution in [1.82, 2.24) is 20.3 Å². The van der Waals surface area contributed by atoms with E-state index in [4.69, 9.17) is 4.74 Å². The fourth-order valence-corrected chi connectivity index (χ4v) is 2.00. The van der Waals surface area contributed by atoms with Gasteiger partial charge in [-0.3, -0.25) is 10.1 Å². The molecule has 0 aliphatic heterocycles. The topological polar surface area (TPSA) is 109 Å². The van der Waals surface area contributed by atoms with E-state index >= 15 is 0 Å². The van der Waals surface area contributed by atoms with Crippen molar-refractivity contribution >= 4 is 17.7 Å². The van der Waals surface area contributed by atoms with Crippen molar-refractivity contribution in [3.05, 3.63) is 42.2 Å². The van der Waals surface area contributed by atoms with Crippen molar-refractivity contribution in [2.75, 3.05) is 11.9 Å². The smallest absolute Gasteiger partial charge is 0.412 e. The van der Waals surface area contributed by atoms with Gasteiger partial charge in [-0.2, -0.15) is 0 Å². The summed E-state index contributed by atoms with van der Waals surface area (Å²) in [4.78, 5) is 35.0. The molecular formula is C17H23N5O3. The van der Waals surface area contributed by atoms with Crippen LogP contribution in [0, 0.1) is 0 Å². The molecule has 0 aliphatic carbocycles. The van der Waals surface area contributed by atoms with Crippen molar-refractivity contribution in [1.29, 1.82) is 0 Å². The van der Waals surface area contributed by atoms with Crippen LogP contribution < -0.4 is 10.6 Å². The number of ether oxygens (including phenoxy) is 1. The summed E-state index contributed by atoms with van der Waals surface area (Å²) < 4.78 is 5.15. The van der Waals surface area contributed by atoms with Gasteiger partial charge in [-0.25, -0.2) is 14.8 Å². The second-order valence-electron chi connectivity index (χ2n) is 6.64. The number of aromatic nitrogens is 3. The van der Waals surface area contributed by atoms with Crippen LogP contribution >= 0.6 is 0 Å². The summed E-state index contributed by atoms with van der Waals surface area (Å²) >= 11 is 0. The lowest BCUT2D eigenvalue weighted by Crippen LogP contribution is -2.29. The third kappa shape index (κ3) is 5.91. The highest BCUT2D eigenvalue weighted by Gasteiger charge is 2.17. The lowest BCUT2D eigenvalue weighted by Gasteiger charge is -2.19. The molecule has 2 rings (SSSR count). The molecule has 25 heavy (non-hydrogen) atoms. The van der Waals surface area contributed by atoms with Gasteiger partial charge in [-0.15, -0.1) is 0 Å². The van der Waals surface area contributed by atoms with Gasteiger partial charge >= 0.3 is 6.09 Å². The van der Waals surface area contributed by atoms with Gasteiger partial charge in [-0.05, 0) is 32.9 Å². The lowest BCUT2D eigenvalue weighted by molar-refractivity contribution is 0.0635. The molecule has 0 radical (unpaired) electrons. The van der Waals surface area contributed by atoms with Crippen LogP contribution in [-0.4, -0.2) is 39.1 Å². The van der Waals surface area contributed by atoms with Crippen LogP contribution in [-0.2, 0) is 4.74 Å². The van der Waals surface area contributed by atoms with E-state index in [2.05, 4.69) is 25.6 Å². The van der Waals surface area contributed by atoms with E-state index in [1.165, 1.54) is 6.20 Å². The Kier molecular flexibility index (Phi) is 5.74. The Morgan fingerprint density at radius 3 is 2.60 bits per heavy atom. The monoisotopic (exact) mass is 345 g/mol. The van der Waals surface area contributed by atoms with Crippen molar-refractivity contribution in [2.24, 2.45) is 0 Å². The van der Waals surface area contributed by atoms with Gasteiger partial charge in [-0.1, -0.05) is 6.92 Å². The number of aromatic amines is 1. The fraction of sp³-hybridized carbons (Fsp3) is 0.412. The number of hydrogen-bond donors (Lipinski definition) is 3. The average molecular weight is 345 g/mol. The van der Waals surface area contributed by atoms with Gasteiger partial charge in [0.25, 0.3) is 5.91 Å². The highest BCUT2D eigenvalue weighted by atomic mass is 16.6. The lowest BCUT2D eigenvalue weighted by atomic mass is 10.1. The predicted octanol–water partition coefficient (Wildman–Crippen LogP) is 2.69. The van der Waals surface area contributed by atoms with E-state index in [9.17, 15) is 9.59 Å². The average Bonchev–Trinajstić information content (AvgIpc) is 3.05. The molecule has 134 valence electrons. The largest absolute Gasteiger partial charge is 0.444 e. The molecule has 0 spiro atoms. The first-order chi connectivity index (χ1) is 11.7. The first-order valence-electron chi connectivity index (χ1n) is 7.98. The first-order valence-corrected chi connectivity index (χ1v) is 7.98. The standard InChI is InChI=1S/C17H23N5O3/c1-11(14-18-7-8-19-14)9-21-15(23)13-6-5-12(10-20-13)22-16(24)25-17(2,3)4/h5-8,10-11H,9H2,1-4H3,(H,18,19)(H,21,23)(H,22,24). The third-order valence-corrected chi connectivity index (χ3v) is 3.20. The summed E-state index contributed by atoms with van der Waals surface area (Å²) in [6.07, 6.45) is 4.25. The van der Waals surface area contributed by atoms with Crippen LogP contribution in [0.5, 0.6) is 0 Å². The van der Waals surface area contributed by atoms with Crippen LogP contribution in [0.4, 0.5) is 10.5 Å². The molecule has 0 bridgehead atoms. The minimum atomic E-state index is -0.581. The van der Waals surface area contributed by atoms with Crippen molar-refractivity contribution in [2.45, 2.75) is 39.2 Å². The molecule has 3 N–H and O–H groups in total. The van der Waals surface area contributed by atoms with Gasteiger partial charge in [0.05, 0.1) is 11.9 Å².